The van der Waals surface area contributed by atoms with Gasteiger partial charge < -0.3 is 14.8 Å². The molecule has 2 heterocycles. The summed E-state index contributed by atoms with van der Waals surface area (Å²) in [6.45, 7) is 0.167. The Bertz CT molecular complexity index is 926. The summed E-state index contributed by atoms with van der Waals surface area (Å²) in [4.78, 5) is 29.3. The Labute approximate surface area is 169 Å². The molecule has 2 aromatic heterocycles. The highest BCUT2D eigenvalue weighted by Gasteiger charge is 2.22. The second kappa shape index (κ2) is 9.43. The molecule has 0 radical (unpaired) electrons. The number of carbonyl (C=O) groups is 2. The molecule has 0 aliphatic rings. The molecule has 0 bridgehead atoms. The van der Waals surface area contributed by atoms with E-state index in [-0.39, 0.29) is 30.4 Å². The van der Waals surface area contributed by atoms with Gasteiger partial charge in [-0.1, -0.05) is 6.07 Å². The molecule has 3 rings (SSSR count). The van der Waals surface area contributed by atoms with Crippen LogP contribution in [0.4, 0.5) is 4.39 Å². The van der Waals surface area contributed by atoms with Crippen LogP contribution < -0.4 is 10.1 Å². The highest BCUT2D eigenvalue weighted by molar-refractivity contribution is 7.10. The lowest BCUT2D eigenvalue weighted by Crippen LogP contribution is -2.30. The lowest BCUT2D eigenvalue weighted by molar-refractivity contribution is -0.141. The van der Waals surface area contributed by atoms with Crippen LogP contribution in [0.25, 0.3) is 0 Å². The fourth-order valence-corrected chi connectivity index (χ4v) is 3.82. The highest BCUT2D eigenvalue weighted by Crippen LogP contribution is 2.23. The zero-order valence-corrected chi connectivity index (χ0v) is 16.5. The van der Waals surface area contributed by atoms with Gasteiger partial charge in [-0.2, -0.15) is 0 Å². The Morgan fingerprint density at radius 1 is 1.21 bits per heavy atom. The molecule has 0 saturated carbocycles. The molecule has 1 atom stereocenters. The first-order valence-electron chi connectivity index (χ1n) is 8.29. The fourth-order valence-electron chi connectivity index (χ4n) is 2.35. The van der Waals surface area contributed by atoms with Crippen molar-refractivity contribution in [3.05, 3.63) is 68.6 Å². The second-order valence-electron chi connectivity index (χ2n) is 5.69. The minimum Gasteiger partial charge on any atom is -0.486 e. The molecule has 0 aliphatic heterocycles. The van der Waals surface area contributed by atoms with E-state index in [4.69, 9.17) is 9.47 Å². The minimum atomic E-state index is -0.486. The van der Waals surface area contributed by atoms with Gasteiger partial charge in [0.1, 0.15) is 28.9 Å². The van der Waals surface area contributed by atoms with Gasteiger partial charge in [0.25, 0.3) is 5.91 Å². The molecule has 0 aliphatic carbocycles. The first-order valence-corrected chi connectivity index (χ1v) is 10.0. The molecular weight excluding hydrogens is 403 g/mol. The molecule has 0 fully saturated rings. The number of nitrogens with one attached hydrogen (secondary N) is 1. The number of thiazole rings is 1. The summed E-state index contributed by atoms with van der Waals surface area (Å²) >= 11 is 2.73. The second-order valence-corrected chi connectivity index (χ2v) is 7.61. The van der Waals surface area contributed by atoms with E-state index in [0.717, 1.165) is 4.88 Å². The first-order chi connectivity index (χ1) is 13.5. The molecule has 6 nitrogen and oxygen atoms in total. The summed E-state index contributed by atoms with van der Waals surface area (Å²) in [6.07, 6.45) is 0.0351. The van der Waals surface area contributed by atoms with Crippen molar-refractivity contribution in [1.29, 1.82) is 0 Å². The number of hydrogen-bond donors (Lipinski definition) is 1. The standard InChI is InChI=1S/C19H17FN2O4S2/c1-25-18(23)9-14(16-3-2-8-27-16)22-19(24)15-11-28-17(21-15)10-26-13-6-4-12(20)5-7-13/h2-8,11,14H,9-10H2,1H3,(H,22,24)/t14-/m0/s1. The van der Waals surface area contributed by atoms with E-state index in [1.807, 2.05) is 17.5 Å². The van der Waals surface area contributed by atoms with Gasteiger partial charge in [-0.15, -0.1) is 22.7 Å². The van der Waals surface area contributed by atoms with Crippen molar-refractivity contribution in [2.45, 2.75) is 19.1 Å². The van der Waals surface area contributed by atoms with Crippen molar-refractivity contribution < 1.29 is 23.5 Å². The van der Waals surface area contributed by atoms with Crippen LogP contribution in [-0.4, -0.2) is 24.0 Å². The number of methoxy groups -OCH3 is 1. The van der Waals surface area contributed by atoms with Gasteiger partial charge in [-0.05, 0) is 35.7 Å². The Morgan fingerprint density at radius 2 is 2.00 bits per heavy atom. The van der Waals surface area contributed by atoms with Gasteiger partial charge in [-0.3, -0.25) is 9.59 Å². The largest absolute Gasteiger partial charge is 0.486 e. The molecule has 0 unspecified atom stereocenters. The molecule has 0 saturated heterocycles. The van der Waals surface area contributed by atoms with E-state index in [9.17, 15) is 14.0 Å². The number of esters is 1. The van der Waals surface area contributed by atoms with Crippen molar-refractivity contribution >= 4 is 34.6 Å². The maximum atomic E-state index is 12.9. The van der Waals surface area contributed by atoms with Gasteiger partial charge in [-0.25, -0.2) is 9.37 Å². The average Bonchev–Trinajstić information content (AvgIpc) is 3.39. The van der Waals surface area contributed by atoms with E-state index in [1.165, 1.54) is 54.0 Å². The first kappa shape index (κ1) is 20.0. The third kappa shape index (κ3) is 5.37. The zero-order chi connectivity index (χ0) is 19.9. The summed E-state index contributed by atoms with van der Waals surface area (Å²) in [7, 11) is 1.31. The number of nitrogens with zero attached hydrogens (tertiary/aromatic N) is 1. The van der Waals surface area contributed by atoms with Crippen LogP contribution in [0, 0.1) is 5.82 Å². The predicted octanol–water partition coefficient (Wildman–Crippen LogP) is 3.96. The SMILES string of the molecule is COC(=O)C[C@H](NC(=O)c1csc(COc2ccc(F)cc2)n1)c1cccs1. The quantitative estimate of drug-likeness (QED) is 0.558. The van der Waals surface area contributed by atoms with Crippen molar-refractivity contribution in [1.82, 2.24) is 10.3 Å². The molecule has 1 amide bonds. The van der Waals surface area contributed by atoms with E-state index in [0.29, 0.717) is 10.8 Å². The summed E-state index contributed by atoms with van der Waals surface area (Å²) < 4.78 is 23.2. The molecule has 1 N–H and O–H groups in total. The summed E-state index contributed by atoms with van der Waals surface area (Å²) in [5.74, 6) is -0.622. The smallest absolute Gasteiger partial charge is 0.307 e. The Morgan fingerprint density at radius 3 is 2.68 bits per heavy atom. The predicted molar refractivity (Wildman–Crippen MR) is 104 cm³/mol. The normalized spacial score (nSPS) is 11.6. The number of ether oxygens (including phenoxy) is 2. The van der Waals surface area contributed by atoms with E-state index >= 15 is 0 Å². The van der Waals surface area contributed by atoms with Gasteiger partial charge in [0.2, 0.25) is 0 Å². The molecule has 0 spiro atoms. The minimum absolute atomic E-state index is 0.0351. The third-order valence-corrected chi connectivity index (χ3v) is 5.56. The topological polar surface area (TPSA) is 77.5 Å². The molecule has 1 aromatic carbocycles. The number of halogens is 1. The number of hydrogen-bond acceptors (Lipinski definition) is 7. The van der Waals surface area contributed by atoms with Gasteiger partial charge >= 0.3 is 5.97 Å². The van der Waals surface area contributed by atoms with E-state index in [2.05, 4.69) is 10.3 Å². The summed E-state index contributed by atoms with van der Waals surface area (Å²) in [5, 5.41) is 6.94. The highest BCUT2D eigenvalue weighted by atomic mass is 32.1. The lowest BCUT2D eigenvalue weighted by Gasteiger charge is -2.15. The Hall–Kier alpha value is -2.78. The maximum Gasteiger partial charge on any atom is 0.307 e. The van der Waals surface area contributed by atoms with Gasteiger partial charge in [0.15, 0.2) is 0 Å². The van der Waals surface area contributed by atoms with Crippen LogP contribution in [0.5, 0.6) is 5.75 Å². The van der Waals surface area contributed by atoms with Crippen molar-refractivity contribution in [3.63, 3.8) is 0 Å². The monoisotopic (exact) mass is 420 g/mol. The molecule has 28 heavy (non-hydrogen) atoms. The average molecular weight is 420 g/mol. The number of carbonyl (C=O) groups excluding carboxylic acids is 2. The van der Waals surface area contributed by atoms with Gasteiger partial charge in [0, 0.05) is 10.3 Å². The number of amides is 1. The van der Waals surface area contributed by atoms with Crippen molar-refractivity contribution in [3.8, 4) is 5.75 Å². The Balaban J connectivity index is 1.61. The van der Waals surface area contributed by atoms with Crippen LogP contribution in [0.3, 0.4) is 0 Å². The number of benzene rings is 1. The van der Waals surface area contributed by atoms with E-state index in [1.54, 1.807) is 5.38 Å². The number of aromatic nitrogens is 1. The molecule has 9 heteroatoms. The molecule has 146 valence electrons. The van der Waals surface area contributed by atoms with Crippen LogP contribution in [0.15, 0.2) is 47.2 Å². The summed E-state index contributed by atoms with van der Waals surface area (Å²) in [5.41, 5.74) is 0.245. The van der Waals surface area contributed by atoms with Gasteiger partial charge in [0.05, 0.1) is 19.6 Å². The lowest BCUT2D eigenvalue weighted by atomic mass is 10.1. The van der Waals surface area contributed by atoms with Crippen LogP contribution >= 0.6 is 22.7 Å². The van der Waals surface area contributed by atoms with Crippen LogP contribution in [0.1, 0.15) is 32.8 Å². The van der Waals surface area contributed by atoms with E-state index < -0.39 is 12.0 Å². The number of thiophene rings is 1. The third-order valence-electron chi connectivity index (χ3n) is 3.75. The summed E-state index contributed by atoms with van der Waals surface area (Å²) in [6, 6.07) is 8.88. The van der Waals surface area contributed by atoms with Crippen molar-refractivity contribution in [2.75, 3.05) is 7.11 Å². The zero-order valence-electron chi connectivity index (χ0n) is 14.9. The van der Waals surface area contributed by atoms with Crippen LogP contribution in [-0.2, 0) is 16.1 Å². The molecular formula is C19H17FN2O4S2. The Kier molecular flexibility index (Phi) is 6.72. The molecule has 3 aromatic rings. The number of rotatable bonds is 8. The fraction of sp³-hybridized carbons (Fsp3) is 0.211. The van der Waals surface area contributed by atoms with Crippen LogP contribution in [0.2, 0.25) is 0 Å². The van der Waals surface area contributed by atoms with Crippen molar-refractivity contribution in [2.24, 2.45) is 0 Å². The maximum absolute atomic E-state index is 12.9.